The van der Waals surface area contributed by atoms with Gasteiger partial charge < -0.3 is 14.7 Å². The number of anilines is 1. The van der Waals surface area contributed by atoms with Crippen molar-refractivity contribution in [2.24, 2.45) is 11.3 Å². The van der Waals surface area contributed by atoms with Gasteiger partial charge >= 0.3 is 5.97 Å². The highest BCUT2D eigenvalue weighted by Crippen LogP contribution is 2.63. The van der Waals surface area contributed by atoms with Crippen LogP contribution in [0.1, 0.15) is 32.1 Å². The number of hydrogen-bond donors (Lipinski definition) is 1. The van der Waals surface area contributed by atoms with Gasteiger partial charge in [-0.2, -0.15) is 0 Å². The Morgan fingerprint density at radius 3 is 2.50 bits per heavy atom. The third-order valence-corrected chi connectivity index (χ3v) is 5.00. The van der Waals surface area contributed by atoms with Crippen molar-refractivity contribution in [2.45, 2.75) is 32.1 Å². The summed E-state index contributed by atoms with van der Waals surface area (Å²) in [7, 11) is 1.80. The number of carbonyl (C=O) groups is 2. The zero-order valence-corrected chi connectivity index (χ0v) is 12.7. The molecule has 0 aliphatic heterocycles. The number of amides is 1. The fourth-order valence-corrected chi connectivity index (χ4v) is 3.60. The molecule has 2 fully saturated rings. The van der Waals surface area contributed by atoms with Gasteiger partial charge in [-0.05, 0) is 48.9 Å². The van der Waals surface area contributed by atoms with E-state index in [0.29, 0.717) is 11.2 Å². The average molecular weight is 303 g/mol. The van der Waals surface area contributed by atoms with Crippen LogP contribution in [0.3, 0.4) is 0 Å². The van der Waals surface area contributed by atoms with E-state index in [0.717, 1.165) is 12.1 Å². The molecule has 1 amide bonds. The Hall–Kier alpha value is -2.04. The molecule has 0 heterocycles. The van der Waals surface area contributed by atoms with Crippen LogP contribution in [0.15, 0.2) is 24.3 Å². The molecule has 1 atom stereocenters. The summed E-state index contributed by atoms with van der Waals surface area (Å²) in [6, 6.07) is 6.97. The van der Waals surface area contributed by atoms with Crippen LogP contribution < -0.4 is 9.64 Å². The van der Waals surface area contributed by atoms with Crippen LogP contribution in [0.4, 0.5) is 5.69 Å². The van der Waals surface area contributed by atoms with Gasteiger partial charge in [0, 0.05) is 18.7 Å². The van der Waals surface area contributed by atoms with Gasteiger partial charge in [0.15, 0.2) is 6.61 Å². The summed E-state index contributed by atoms with van der Waals surface area (Å²) in [4.78, 5) is 24.8. The lowest BCUT2D eigenvalue weighted by molar-refractivity contribution is -0.139. The molecule has 2 aliphatic rings. The summed E-state index contributed by atoms with van der Waals surface area (Å²) < 4.78 is 5.10. The highest BCUT2D eigenvalue weighted by molar-refractivity contribution is 5.97. The molecular weight excluding hydrogens is 282 g/mol. The van der Waals surface area contributed by atoms with Crippen LogP contribution in [0.25, 0.3) is 0 Å². The number of carbonyl (C=O) groups excluding carboxylic acids is 1. The maximum absolute atomic E-state index is 12.6. The Bertz CT molecular complexity index is 575. The highest BCUT2D eigenvalue weighted by Gasteiger charge is 2.59. The number of nitrogens with zero attached hydrogens (tertiary/aromatic N) is 1. The smallest absolute Gasteiger partial charge is 0.341 e. The summed E-state index contributed by atoms with van der Waals surface area (Å²) in [6.45, 7) is -0.362. The van der Waals surface area contributed by atoms with Crippen LogP contribution in [-0.4, -0.2) is 30.6 Å². The maximum atomic E-state index is 12.6. The summed E-state index contributed by atoms with van der Waals surface area (Å²) in [6.07, 6.45) is 5.93. The molecule has 5 heteroatoms. The minimum atomic E-state index is -1.01. The topological polar surface area (TPSA) is 66.8 Å². The van der Waals surface area contributed by atoms with Gasteiger partial charge in [-0.15, -0.1) is 0 Å². The van der Waals surface area contributed by atoms with Gasteiger partial charge in [-0.1, -0.05) is 12.8 Å². The van der Waals surface area contributed by atoms with Crippen LogP contribution in [0, 0.1) is 11.3 Å². The molecule has 1 N–H and O–H groups in total. The Kier molecular flexibility index (Phi) is 3.81. The maximum Gasteiger partial charge on any atom is 0.341 e. The van der Waals surface area contributed by atoms with E-state index in [4.69, 9.17) is 9.84 Å². The molecule has 0 aromatic heterocycles. The predicted octanol–water partition coefficient (Wildman–Crippen LogP) is 2.69. The Balaban J connectivity index is 1.61. The van der Waals surface area contributed by atoms with Crippen LogP contribution in [0.2, 0.25) is 0 Å². The molecule has 2 saturated carbocycles. The molecule has 1 unspecified atom stereocenters. The number of ether oxygens (including phenoxy) is 1. The monoisotopic (exact) mass is 303 g/mol. The number of carboxylic acid groups (broad SMARTS) is 1. The third kappa shape index (κ3) is 2.80. The zero-order chi connectivity index (χ0) is 15.7. The quantitative estimate of drug-likeness (QED) is 0.908. The summed E-state index contributed by atoms with van der Waals surface area (Å²) >= 11 is 0. The average Bonchev–Trinajstić information content (AvgIpc) is 3.01. The van der Waals surface area contributed by atoms with E-state index in [1.165, 1.54) is 25.7 Å². The minimum Gasteiger partial charge on any atom is -0.482 e. The van der Waals surface area contributed by atoms with Crippen molar-refractivity contribution >= 4 is 17.6 Å². The first-order valence-corrected chi connectivity index (χ1v) is 7.74. The molecule has 2 aliphatic carbocycles. The molecule has 3 rings (SSSR count). The third-order valence-electron chi connectivity index (χ3n) is 5.00. The van der Waals surface area contributed by atoms with Gasteiger partial charge in [0.1, 0.15) is 5.75 Å². The summed E-state index contributed by atoms with van der Waals surface area (Å²) in [5.74, 6) is -0.137. The van der Waals surface area contributed by atoms with Crippen LogP contribution in [-0.2, 0) is 9.59 Å². The molecule has 0 bridgehead atoms. The van der Waals surface area contributed by atoms with Crippen LogP contribution in [0.5, 0.6) is 5.75 Å². The van der Waals surface area contributed by atoms with E-state index in [2.05, 4.69) is 0 Å². The normalized spacial score (nSPS) is 21.6. The van der Waals surface area contributed by atoms with Gasteiger partial charge in [0.2, 0.25) is 5.91 Å². The molecule has 1 aromatic carbocycles. The van der Waals surface area contributed by atoms with Crippen molar-refractivity contribution in [3.8, 4) is 5.75 Å². The van der Waals surface area contributed by atoms with E-state index in [1.54, 1.807) is 36.2 Å². The standard InChI is InChI=1S/C17H21NO4/c1-18(16(21)14-10-17(14)8-2-3-9-17)12-4-6-13(7-5-12)22-11-15(19)20/h4-7,14H,2-3,8-11H2,1H3,(H,19,20). The molecule has 1 spiro atoms. The number of aliphatic carboxylic acids is 1. The zero-order valence-electron chi connectivity index (χ0n) is 12.7. The number of hydrogen-bond acceptors (Lipinski definition) is 3. The fraction of sp³-hybridized carbons (Fsp3) is 0.529. The van der Waals surface area contributed by atoms with Crippen molar-refractivity contribution in [3.05, 3.63) is 24.3 Å². The molecule has 0 radical (unpaired) electrons. The SMILES string of the molecule is CN(C(=O)C1CC12CCCC2)c1ccc(OCC(=O)O)cc1. The first-order valence-electron chi connectivity index (χ1n) is 7.74. The van der Waals surface area contributed by atoms with Gasteiger partial charge in [0.25, 0.3) is 0 Å². The fourth-order valence-electron chi connectivity index (χ4n) is 3.60. The van der Waals surface area contributed by atoms with E-state index >= 15 is 0 Å². The Morgan fingerprint density at radius 1 is 1.27 bits per heavy atom. The van der Waals surface area contributed by atoms with Crippen LogP contribution >= 0.6 is 0 Å². The molecular formula is C17H21NO4. The van der Waals surface area contributed by atoms with E-state index < -0.39 is 5.97 Å². The lowest BCUT2D eigenvalue weighted by Crippen LogP contribution is -2.29. The largest absolute Gasteiger partial charge is 0.482 e. The lowest BCUT2D eigenvalue weighted by Gasteiger charge is -2.19. The minimum absolute atomic E-state index is 0.183. The van der Waals surface area contributed by atoms with Crippen molar-refractivity contribution in [2.75, 3.05) is 18.6 Å². The molecule has 22 heavy (non-hydrogen) atoms. The Labute approximate surface area is 129 Å². The van der Waals surface area contributed by atoms with Gasteiger partial charge in [-0.3, -0.25) is 4.79 Å². The summed E-state index contributed by atoms with van der Waals surface area (Å²) in [5, 5.41) is 8.58. The van der Waals surface area contributed by atoms with Gasteiger partial charge in [-0.25, -0.2) is 4.79 Å². The predicted molar refractivity (Wildman–Crippen MR) is 82.0 cm³/mol. The molecule has 5 nitrogen and oxygen atoms in total. The number of carboxylic acids is 1. The lowest BCUT2D eigenvalue weighted by atomic mass is 10.0. The first kappa shape index (κ1) is 14.9. The van der Waals surface area contributed by atoms with Gasteiger partial charge in [0.05, 0.1) is 0 Å². The van der Waals surface area contributed by atoms with E-state index in [9.17, 15) is 9.59 Å². The second-order valence-corrected chi connectivity index (χ2v) is 6.40. The first-order chi connectivity index (χ1) is 10.5. The van der Waals surface area contributed by atoms with Crippen molar-refractivity contribution in [1.29, 1.82) is 0 Å². The second kappa shape index (κ2) is 5.63. The number of benzene rings is 1. The molecule has 0 saturated heterocycles. The van der Waals surface area contributed by atoms with Crippen molar-refractivity contribution in [1.82, 2.24) is 0 Å². The molecule has 118 valence electrons. The van der Waals surface area contributed by atoms with Crippen molar-refractivity contribution < 1.29 is 19.4 Å². The highest BCUT2D eigenvalue weighted by atomic mass is 16.5. The van der Waals surface area contributed by atoms with E-state index in [1.807, 2.05) is 0 Å². The molecule has 1 aromatic rings. The van der Waals surface area contributed by atoms with E-state index in [-0.39, 0.29) is 18.4 Å². The Morgan fingerprint density at radius 2 is 1.91 bits per heavy atom. The number of rotatable bonds is 5. The summed E-state index contributed by atoms with van der Waals surface area (Å²) in [5.41, 5.74) is 1.11. The van der Waals surface area contributed by atoms with Crippen molar-refractivity contribution in [3.63, 3.8) is 0 Å². The second-order valence-electron chi connectivity index (χ2n) is 6.40.